The third-order valence-electron chi connectivity index (χ3n) is 3.69. The third kappa shape index (κ3) is 4.37. The highest BCUT2D eigenvalue weighted by Gasteiger charge is 2.49. The fourth-order valence-electron chi connectivity index (χ4n) is 2.57. The van der Waals surface area contributed by atoms with Crippen molar-refractivity contribution in [2.24, 2.45) is 0 Å². The molecule has 1 heterocycles. The molecular weight excluding hydrogens is 385 g/mol. The molecule has 136 valence electrons. The van der Waals surface area contributed by atoms with Crippen LogP contribution in [0.4, 0.5) is 13.2 Å². The van der Waals surface area contributed by atoms with Gasteiger partial charge in [-0.2, -0.15) is 42.0 Å². The average Bonchev–Trinajstić information content (AvgIpc) is 2.53. The highest BCUT2D eigenvalue weighted by molar-refractivity contribution is 7.99. The Labute approximate surface area is 149 Å². The number of thioether (sulfide) groups is 1. The van der Waals surface area contributed by atoms with Crippen molar-refractivity contribution in [2.45, 2.75) is 19.1 Å². The van der Waals surface area contributed by atoms with E-state index in [0.717, 1.165) is 4.31 Å². The highest BCUT2D eigenvalue weighted by atomic mass is 35.5. The lowest BCUT2D eigenvalue weighted by molar-refractivity contribution is -0.173. The molecule has 1 aliphatic heterocycles. The number of hydrogen-bond acceptors (Lipinski definition) is 3. The van der Waals surface area contributed by atoms with E-state index >= 15 is 0 Å². The Morgan fingerprint density at radius 1 is 1.25 bits per heavy atom. The summed E-state index contributed by atoms with van der Waals surface area (Å²) in [6.45, 7) is 1.56. The van der Waals surface area contributed by atoms with Crippen molar-refractivity contribution in [3.05, 3.63) is 34.9 Å². The first-order valence-electron chi connectivity index (χ1n) is 7.34. The van der Waals surface area contributed by atoms with Crippen molar-refractivity contribution in [2.75, 3.05) is 31.1 Å². The van der Waals surface area contributed by atoms with Crippen molar-refractivity contribution in [3.8, 4) is 0 Å². The van der Waals surface area contributed by atoms with Gasteiger partial charge in [-0.15, -0.1) is 0 Å². The number of benzene rings is 1. The Bertz CT molecular complexity index is 647. The Balaban J connectivity index is 2.43. The minimum atomic E-state index is -4.73. The van der Waals surface area contributed by atoms with E-state index in [1.54, 1.807) is 11.8 Å². The minimum absolute atomic E-state index is 0.149. The second-order valence-corrected chi connectivity index (χ2v) is 8.76. The normalized spacial score (nSPS) is 18.8. The van der Waals surface area contributed by atoms with E-state index in [0.29, 0.717) is 20.8 Å². The lowest BCUT2D eigenvalue weighted by Gasteiger charge is -2.36. The van der Waals surface area contributed by atoms with Crippen LogP contribution in [0.5, 0.6) is 0 Å². The van der Waals surface area contributed by atoms with Crippen molar-refractivity contribution in [1.82, 2.24) is 8.61 Å². The molecule has 0 bridgehead atoms. The molecule has 0 saturated carbocycles. The summed E-state index contributed by atoms with van der Waals surface area (Å²) in [5.41, 5.74) is -0.149. The zero-order chi connectivity index (χ0) is 18.0. The van der Waals surface area contributed by atoms with Crippen molar-refractivity contribution >= 4 is 33.6 Å². The molecule has 1 aromatic carbocycles. The van der Waals surface area contributed by atoms with Crippen LogP contribution in [0, 0.1) is 0 Å². The largest absolute Gasteiger partial charge is 0.409 e. The Morgan fingerprint density at radius 2 is 1.79 bits per heavy atom. The summed E-state index contributed by atoms with van der Waals surface area (Å²) in [5.74, 6) is 1.16. The molecular formula is C14H18ClF3N2O2S2. The summed E-state index contributed by atoms with van der Waals surface area (Å²) in [4.78, 5) is 0. The predicted molar refractivity (Wildman–Crippen MR) is 90.4 cm³/mol. The Morgan fingerprint density at radius 3 is 2.25 bits per heavy atom. The fraction of sp³-hybridized carbons (Fsp3) is 0.571. The topological polar surface area (TPSA) is 40.6 Å². The summed E-state index contributed by atoms with van der Waals surface area (Å²) < 4.78 is 68.2. The lowest BCUT2D eigenvalue weighted by atomic mass is 10.1. The van der Waals surface area contributed by atoms with Gasteiger partial charge in [0.15, 0.2) is 0 Å². The van der Waals surface area contributed by atoms with Crippen LogP contribution in [0.15, 0.2) is 24.3 Å². The first-order chi connectivity index (χ1) is 11.2. The van der Waals surface area contributed by atoms with Crippen molar-refractivity contribution in [3.63, 3.8) is 0 Å². The molecule has 1 aliphatic rings. The average molecular weight is 403 g/mol. The maximum atomic E-state index is 13.7. The molecule has 1 aromatic rings. The molecule has 1 atom stereocenters. The molecule has 1 saturated heterocycles. The quantitative estimate of drug-likeness (QED) is 0.756. The second kappa shape index (κ2) is 7.82. The Kier molecular flexibility index (Phi) is 6.46. The van der Waals surface area contributed by atoms with Crippen LogP contribution in [0.3, 0.4) is 0 Å². The summed E-state index contributed by atoms with van der Waals surface area (Å²) in [6, 6.07) is 2.84. The van der Waals surface area contributed by atoms with Crippen LogP contribution in [0.25, 0.3) is 0 Å². The van der Waals surface area contributed by atoms with E-state index < -0.39 is 22.4 Å². The van der Waals surface area contributed by atoms with E-state index in [1.165, 1.54) is 31.2 Å². The van der Waals surface area contributed by atoms with Gasteiger partial charge in [0.05, 0.1) is 0 Å². The summed E-state index contributed by atoms with van der Waals surface area (Å²) in [6.07, 6.45) is -4.73. The van der Waals surface area contributed by atoms with E-state index in [4.69, 9.17) is 11.6 Å². The second-order valence-electron chi connectivity index (χ2n) is 5.22. The smallest absolute Gasteiger partial charge is 0.195 e. The zero-order valence-electron chi connectivity index (χ0n) is 13.0. The van der Waals surface area contributed by atoms with Crippen LogP contribution in [-0.4, -0.2) is 54.3 Å². The van der Waals surface area contributed by atoms with Gasteiger partial charge in [-0.1, -0.05) is 30.7 Å². The van der Waals surface area contributed by atoms with Crippen LogP contribution in [-0.2, 0) is 10.2 Å². The van der Waals surface area contributed by atoms with Gasteiger partial charge in [0.1, 0.15) is 6.04 Å². The molecule has 10 heteroatoms. The zero-order valence-corrected chi connectivity index (χ0v) is 15.4. The van der Waals surface area contributed by atoms with Crippen molar-refractivity contribution in [1.29, 1.82) is 0 Å². The highest BCUT2D eigenvalue weighted by Crippen LogP contribution is 2.40. The minimum Gasteiger partial charge on any atom is -0.195 e. The maximum absolute atomic E-state index is 13.7. The number of halogens is 4. The molecule has 0 radical (unpaired) electrons. The molecule has 24 heavy (non-hydrogen) atoms. The molecule has 0 amide bonds. The van der Waals surface area contributed by atoms with Crippen LogP contribution in [0.1, 0.15) is 18.5 Å². The van der Waals surface area contributed by atoms with Gasteiger partial charge in [-0.25, -0.2) is 0 Å². The summed E-state index contributed by atoms with van der Waals surface area (Å²) in [7, 11) is -4.21. The Hall–Kier alpha value is -0.480. The molecule has 0 spiro atoms. The number of rotatable bonds is 5. The maximum Gasteiger partial charge on any atom is 0.409 e. The molecule has 0 aliphatic carbocycles. The fourth-order valence-corrected chi connectivity index (χ4v) is 5.60. The summed E-state index contributed by atoms with van der Waals surface area (Å²) in [5, 5.41) is 0.290. The molecule has 1 unspecified atom stereocenters. The first-order valence-corrected chi connectivity index (χ1v) is 10.3. The summed E-state index contributed by atoms with van der Waals surface area (Å²) >= 11 is 7.32. The molecule has 0 aromatic heterocycles. The van der Waals surface area contributed by atoms with Crippen LogP contribution >= 0.6 is 23.4 Å². The van der Waals surface area contributed by atoms with Gasteiger partial charge < -0.3 is 0 Å². The van der Waals surface area contributed by atoms with Gasteiger partial charge in [0, 0.05) is 36.2 Å². The standard InChI is InChI=1S/C14H18ClF3N2O2S2/c1-2-20(24(21,22)19-7-9-23-10-8-19)13(14(16,17)18)11-3-5-12(15)6-4-11/h3-6,13H,2,7-10H2,1H3. The van der Waals surface area contributed by atoms with E-state index in [-0.39, 0.29) is 25.2 Å². The van der Waals surface area contributed by atoms with Gasteiger partial charge in [0.2, 0.25) is 0 Å². The molecule has 2 rings (SSSR count). The predicted octanol–water partition coefficient (Wildman–Crippen LogP) is 3.56. The molecule has 0 N–H and O–H groups in total. The van der Waals surface area contributed by atoms with Crippen molar-refractivity contribution < 1.29 is 21.6 Å². The number of alkyl halides is 3. The third-order valence-corrected chi connectivity index (χ3v) is 6.96. The monoisotopic (exact) mass is 402 g/mol. The van der Waals surface area contributed by atoms with Gasteiger partial charge >= 0.3 is 6.18 Å². The van der Waals surface area contributed by atoms with E-state index in [9.17, 15) is 21.6 Å². The SMILES string of the molecule is CCN(C(c1ccc(Cl)cc1)C(F)(F)F)S(=O)(=O)N1CCSCC1. The molecule has 1 fully saturated rings. The number of nitrogens with zero attached hydrogens (tertiary/aromatic N) is 2. The van der Waals surface area contributed by atoms with Gasteiger partial charge in [-0.05, 0) is 17.7 Å². The molecule has 4 nitrogen and oxygen atoms in total. The van der Waals surface area contributed by atoms with Crippen LogP contribution < -0.4 is 0 Å². The van der Waals surface area contributed by atoms with Gasteiger partial charge in [-0.3, -0.25) is 0 Å². The first kappa shape index (κ1) is 19.8. The lowest BCUT2D eigenvalue weighted by Crippen LogP contribution is -2.51. The van der Waals surface area contributed by atoms with Crippen LogP contribution in [0.2, 0.25) is 5.02 Å². The number of hydrogen-bond donors (Lipinski definition) is 0. The van der Waals surface area contributed by atoms with E-state index in [1.807, 2.05) is 0 Å². The van der Waals surface area contributed by atoms with Gasteiger partial charge in [0.25, 0.3) is 10.2 Å². The van der Waals surface area contributed by atoms with E-state index in [2.05, 4.69) is 0 Å².